The summed E-state index contributed by atoms with van der Waals surface area (Å²) in [7, 11) is 0. The number of carbonyl (C=O) groups is 1. The minimum atomic E-state index is -0.403. The highest BCUT2D eigenvalue weighted by Gasteiger charge is 2.20. The first kappa shape index (κ1) is 12.9. The van der Waals surface area contributed by atoms with Crippen molar-refractivity contribution >= 4 is 11.6 Å². The smallest absolute Gasteiger partial charge is 0.262 e. The highest BCUT2D eigenvalue weighted by Crippen LogP contribution is 2.30. The number of benzene rings is 1. The van der Waals surface area contributed by atoms with E-state index in [0.29, 0.717) is 12.2 Å². The number of rotatable bonds is 3. The second-order valence-electron chi connectivity index (χ2n) is 3.93. The van der Waals surface area contributed by atoms with Crippen LogP contribution in [0.5, 0.6) is 11.5 Å². The Kier molecular flexibility index (Phi) is 3.66. The van der Waals surface area contributed by atoms with Crippen molar-refractivity contribution in [3.63, 3.8) is 0 Å². The van der Waals surface area contributed by atoms with Crippen molar-refractivity contribution in [3.05, 3.63) is 48.3 Å². The number of anilines is 1. The van der Waals surface area contributed by atoms with Crippen molar-refractivity contribution in [2.75, 3.05) is 11.4 Å². The lowest BCUT2D eigenvalue weighted by Crippen LogP contribution is -2.30. The molecule has 1 aromatic heterocycles. The van der Waals surface area contributed by atoms with Crippen LogP contribution in [0.15, 0.2) is 42.7 Å². The van der Waals surface area contributed by atoms with Gasteiger partial charge in [0.05, 0.1) is 5.56 Å². The minimum Gasteiger partial charge on any atom is -0.504 e. The molecule has 0 spiro atoms. The first-order valence-electron chi connectivity index (χ1n) is 5.88. The van der Waals surface area contributed by atoms with Crippen LogP contribution in [0.3, 0.4) is 0 Å². The molecule has 0 fully saturated rings. The predicted molar refractivity (Wildman–Crippen MR) is 71.4 cm³/mol. The van der Waals surface area contributed by atoms with E-state index in [2.05, 4.69) is 4.98 Å². The van der Waals surface area contributed by atoms with Gasteiger partial charge in [0.2, 0.25) is 0 Å². The summed E-state index contributed by atoms with van der Waals surface area (Å²) in [5.41, 5.74) is 0.754. The van der Waals surface area contributed by atoms with Crippen molar-refractivity contribution in [3.8, 4) is 11.5 Å². The number of carbonyl (C=O) groups excluding carboxylic acids is 1. The standard InChI is InChI=1S/C14H14N2O3/c1-2-16(10-6-8-15-9-7-10)14(19)11-4-3-5-12(17)13(11)18/h3-9,17-18H,2H2,1H3. The fourth-order valence-corrected chi connectivity index (χ4v) is 1.82. The number of hydrogen-bond acceptors (Lipinski definition) is 4. The molecule has 0 unspecified atom stereocenters. The number of pyridine rings is 1. The van der Waals surface area contributed by atoms with E-state index in [0.717, 1.165) is 0 Å². The second kappa shape index (κ2) is 5.39. The van der Waals surface area contributed by atoms with Gasteiger partial charge >= 0.3 is 0 Å². The minimum absolute atomic E-state index is 0.0682. The molecule has 2 aromatic rings. The van der Waals surface area contributed by atoms with Crippen LogP contribution < -0.4 is 4.90 Å². The molecule has 98 valence electrons. The van der Waals surface area contributed by atoms with Gasteiger partial charge in [-0.15, -0.1) is 0 Å². The largest absolute Gasteiger partial charge is 0.504 e. The van der Waals surface area contributed by atoms with Crippen LogP contribution in [-0.2, 0) is 0 Å². The Morgan fingerprint density at radius 3 is 2.53 bits per heavy atom. The average Bonchev–Trinajstić information content (AvgIpc) is 2.44. The molecular weight excluding hydrogens is 244 g/mol. The summed E-state index contributed by atoms with van der Waals surface area (Å²) in [5.74, 6) is -1.08. The van der Waals surface area contributed by atoms with Gasteiger partial charge in [0.1, 0.15) is 0 Å². The molecule has 2 rings (SSSR count). The van der Waals surface area contributed by atoms with Crippen LogP contribution in [0.25, 0.3) is 0 Å². The van der Waals surface area contributed by atoms with Crippen LogP contribution >= 0.6 is 0 Å². The van der Waals surface area contributed by atoms with Crippen molar-refractivity contribution in [1.82, 2.24) is 4.98 Å². The van der Waals surface area contributed by atoms with Crippen LogP contribution in [0.2, 0.25) is 0 Å². The monoisotopic (exact) mass is 258 g/mol. The summed E-state index contributed by atoms with van der Waals surface area (Å²) >= 11 is 0. The molecule has 0 bridgehead atoms. The number of nitrogens with zero attached hydrogens (tertiary/aromatic N) is 2. The average molecular weight is 258 g/mol. The fourth-order valence-electron chi connectivity index (χ4n) is 1.82. The number of hydrogen-bond donors (Lipinski definition) is 2. The first-order chi connectivity index (χ1) is 9.15. The van der Waals surface area contributed by atoms with Gasteiger partial charge in [-0.1, -0.05) is 6.07 Å². The Morgan fingerprint density at radius 2 is 1.89 bits per heavy atom. The quantitative estimate of drug-likeness (QED) is 0.827. The summed E-state index contributed by atoms with van der Waals surface area (Å²) in [6.07, 6.45) is 3.18. The molecule has 1 aromatic carbocycles. The Bertz CT molecular complexity index is 584. The fraction of sp³-hybridized carbons (Fsp3) is 0.143. The summed E-state index contributed by atoms with van der Waals surface area (Å²) in [5, 5.41) is 19.2. The van der Waals surface area contributed by atoms with E-state index < -0.39 is 5.75 Å². The zero-order chi connectivity index (χ0) is 13.8. The number of amides is 1. The third kappa shape index (κ3) is 2.49. The van der Waals surface area contributed by atoms with E-state index in [-0.39, 0.29) is 17.2 Å². The third-order valence-electron chi connectivity index (χ3n) is 2.78. The van der Waals surface area contributed by atoms with Crippen LogP contribution in [0.1, 0.15) is 17.3 Å². The van der Waals surface area contributed by atoms with Crippen LogP contribution in [0, 0.1) is 0 Å². The summed E-state index contributed by atoms with van der Waals surface area (Å²) in [4.78, 5) is 17.8. The molecule has 0 aliphatic carbocycles. The normalized spacial score (nSPS) is 10.2. The van der Waals surface area contributed by atoms with E-state index in [1.54, 1.807) is 24.5 Å². The molecule has 19 heavy (non-hydrogen) atoms. The van der Waals surface area contributed by atoms with Gasteiger partial charge in [0, 0.05) is 24.6 Å². The van der Waals surface area contributed by atoms with Gasteiger partial charge in [-0.25, -0.2) is 0 Å². The summed E-state index contributed by atoms with van der Waals surface area (Å²) < 4.78 is 0. The lowest BCUT2D eigenvalue weighted by atomic mass is 10.1. The van der Waals surface area contributed by atoms with Gasteiger partial charge in [-0.05, 0) is 31.2 Å². The van der Waals surface area contributed by atoms with Crippen LogP contribution in [-0.4, -0.2) is 27.6 Å². The highest BCUT2D eigenvalue weighted by atomic mass is 16.3. The summed E-state index contributed by atoms with van der Waals surface area (Å²) in [6, 6.07) is 7.74. The molecule has 1 amide bonds. The maximum Gasteiger partial charge on any atom is 0.262 e. The molecule has 5 nitrogen and oxygen atoms in total. The van der Waals surface area contributed by atoms with Crippen molar-refractivity contribution in [2.24, 2.45) is 0 Å². The van der Waals surface area contributed by atoms with Crippen LogP contribution in [0.4, 0.5) is 5.69 Å². The number of para-hydroxylation sites is 1. The molecule has 0 aliphatic rings. The molecule has 5 heteroatoms. The van der Waals surface area contributed by atoms with Crippen molar-refractivity contribution in [2.45, 2.75) is 6.92 Å². The SMILES string of the molecule is CCN(C(=O)c1cccc(O)c1O)c1ccncc1. The molecule has 0 radical (unpaired) electrons. The Labute approximate surface area is 110 Å². The van der Waals surface area contributed by atoms with E-state index in [1.807, 2.05) is 6.92 Å². The maximum absolute atomic E-state index is 12.4. The molecule has 0 atom stereocenters. The number of phenols is 2. The lowest BCUT2D eigenvalue weighted by molar-refractivity contribution is 0.0985. The zero-order valence-corrected chi connectivity index (χ0v) is 10.4. The van der Waals surface area contributed by atoms with E-state index in [4.69, 9.17) is 0 Å². The van der Waals surface area contributed by atoms with Gasteiger partial charge in [0.25, 0.3) is 5.91 Å². The van der Waals surface area contributed by atoms with Gasteiger partial charge < -0.3 is 15.1 Å². The topological polar surface area (TPSA) is 73.7 Å². The molecule has 2 N–H and O–H groups in total. The summed E-state index contributed by atoms with van der Waals surface area (Å²) in [6.45, 7) is 2.27. The van der Waals surface area contributed by atoms with Crippen molar-refractivity contribution < 1.29 is 15.0 Å². The zero-order valence-electron chi connectivity index (χ0n) is 10.4. The first-order valence-corrected chi connectivity index (χ1v) is 5.88. The molecule has 0 aliphatic heterocycles. The van der Waals surface area contributed by atoms with E-state index in [1.165, 1.54) is 23.1 Å². The van der Waals surface area contributed by atoms with Gasteiger partial charge in [0.15, 0.2) is 11.5 Å². The molecule has 1 heterocycles. The number of phenolic OH excluding ortho intramolecular Hbond substituents is 2. The van der Waals surface area contributed by atoms with Crippen molar-refractivity contribution in [1.29, 1.82) is 0 Å². The van der Waals surface area contributed by atoms with E-state index >= 15 is 0 Å². The molecule has 0 saturated heterocycles. The Morgan fingerprint density at radius 1 is 1.21 bits per heavy atom. The Balaban J connectivity index is 2.39. The maximum atomic E-state index is 12.4. The molecule has 0 saturated carbocycles. The van der Waals surface area contributed by atoms with E-state index in [9.17, 15) is 15.0 Å². The number of aromatic hydroxyl groups is 2. The molecular formula is C14H14N2O3. The highest BCUT2D eigenvalue weighted by molar-refractivity contribution is 6.08. The lowest BCUT2D eigenvalue weighted by Gasteiger charge is -2.21. The second-order valence-corrected chi connectivity index (χ2v) is 3.93. The van der Waals surface area contributed by atoms with Gasteiger partial charge in [-0.2, -0.15) is 0 Å². The predicted octanol–water partition coefficient (Wildman–Crippen LogP) is 2.16. The Hall–Kier alpha value is -2.56. The van der Waals surface area contributed by atoms with Gasteiger partial charge in [-0.3, -0.25) is 9.78 Å². The third-order valence-corrected chi connectivity index (χ3v) is 2.78. The number of aromatic nitrogens is 1.